The predicted octanol–water partition coefficient (Wildman–Crippen LogP) is 3.00. The molecule has 4 heteroatoms. The maximum absolute atomic E-state index is 12.9. The van der Waals surface area contributed by atoms with E-state index in [1.807, 2.05) is 6.92 Å². The first-order valence-electron chi connectivity index (χ1n) is 6.77. The van der Waals surface area contributed by atoms with Crippen LogP contribution in [0.2, 0.25) is 0 Å². The Bertz CT molecular complexity index is 432. The minimum Gasteiger partial charge on any atom is -0.508 e. The number of phenols is 1. The third-order valence-electron chi connectivity index (χ3n) is 4.04. The molecule has 1 aromatic rings. The number of hydrogen-bond acceptors (Lipinski definition) is 3. The molecule has 106 valence electrons. The fourth-order valence-electron chi connectivity index (χ4n) is 2.37. The van der Waals surface area contributed by atoms with Gasteiger partial charge in [-0.05, 0) is 37.7 Å². The molecular formula is C15H22FNO2. The second-order valence-corrected chi connectivity index (χ2v) is 5.55. The topological polar surface area (TPSA) is 41.5 Å². The molecule has 0 heterocycles. The molecular weight excluding hydrogens is 245 g/mol. The SMILES string of the molecule is COCCC1(CNC(C)c2ccc(F)cc2O)CC1. The van der Waals surface area contributed by atoms with Crippen LogP contribution in [0.5, 0.6) is 5.75 Å². The van der Waals surface area contributed by atoms with Gasteiger partial charge < -0.3 is 15.2 Å². The van der Waals surface area contributed by atoms with Gasteiger partial charge in [-0.1, -0.05) is 6.07 Å². The molecule has 19 heavy (non-hydrogen) atoms. The average molecular weight is 267 g/mol. The molecule has 1 aromatic carbocycles. The van der Waals surface area contributed by atoms with E-state index in [0.29, 0.717) is 5.41 Å². The Balaban J connectivity index is 1.89. The van der Waals surface area contributed by atoms with Crippen LogP contribution >= 0.6 is 0 Å². The monoisotopic (exact) mass is 267 g/mol. The van der Waals surface area contributed by atoms with Gasteiger partial charge in [0, 0.05) is 37.9 Å². The minimum atomic E-state index is -0.410. The third-order valence-corrected chi connectivity index (χ3v) is 4.04. The van der Waals surface area contributed by atoms with E-state index in [1.165, 1.54) is 18.9 Å². The summed E-state index contributed by atoms with van der Waals surface area (Å²) in [5.74, 6) is -0.394. The van der Waals surface area contributed by atoms with E-state index in [0.717, 1.165) is 31.2 Å². The van der Waals surface area contributed by atoms with Gasteiger partial charge in [0.25, 0.3) is 0 Å². The van der Waals surface area contributed by atoms with Crippen molar-refractivity contribution in [3.05, 3.63) is 29.6 Å². The number of nitrogens with one attached hydrogen (secondary N) is 1. The van der Waals surface area contributed by atoms with Gasteiger partial charge in [0.2, 0.25) is 0 Å². The first-order valence-corrected chi connectivity index (χ1v) is 6.77. The Morgan fingerprint density at radius 2 is 2.21 bits per heavy atom. The summed E-state index contributed by atoms with van der Waals surface area (Å²) in [4.78, 5) is 0. The fourth-order valence-corrected chi connectivity index (χ4v) is 2.37. The van der Waals surface area contributed by atoms with Crippen molar-refractivity contribution in [1.29, 1.82) is 0 Å². The van der Waals surface area contributed by atoms with Gasteiger partial charge >= 0.3 is 0 Å². The van der Waals surface area contributed by atoms with Crippen molar-refractivity contribution in [2.45, 2.75) is 32.2 Å². The molecule has 3 nitrogen and oxygen atoms in total. The maximum Gasteiger partial charge on any atom is 0.126 e. The van der Waals surface area contributed by atoms with E-state index in [1.54, 1.807) is 13.2 Å². The molecule has 0 spiro atoms. The minimum absolute atomic E-state index is 0.0145. The molecule has 1 fully saturated rings. The molecule has 0 saturated heterocycles. The van der Waals surface area contributed by atoms with Crippen molar-refractivity contribution in [3.63, 3.8) is 0 Å². The van der Waals surface area contributed by atoms with Crippen molar-refractivity contribution < 1.29 is 14.2 Å². The van der Waals surface area contributed by atoms with Crippen molar-refractivity contribution in [2.75, 3.05) is 20.3 Å². The molecule has 1 saturated carbocycles. The largest absolute Gasteiger partial charge is 0.508 e. The zero-order valence-electron chi connectivity index (χ0n) is 11.6. The van der Waals surface area contributed by atoms with E-state index < -0.39 is 5.82 Å². The predicted molar refractivity (Wildman–Crippen MR) is 72.6 cm³/mol. The van der Waals surface area contributed by atoms with Gasteiger partial charge in [-0.15, -0.1) is 0 Å². The summed E-state index contributed by atoms with van der Waals surface area (Å²) in [6, 6.07) is 4.19. The Morgan fingerprint density at radius 3 is 2.79 bits per heavy atom. The van der Waals surface area contributed by atoms with Crippen LogP contribution in [0.4, 0.5) is 4.39 Å². The van der Waals surface area contributed by atoms with Crippen LogP contribution in [0.15, 0.2) is 18.2 Å². The van der Waals surface area contributed by atoms with Crippen molar-refractivity contribution in [3.8, 4) is 5.75 Å². The third kappa shape index (κ3) is 3.67. The van der Waals surface area contributed by atoms with Crippen LogP contribution in [0.3, 0.4) is 0 Å². The van der Waals surface area contributed by atoms with Gasteiger partial charge in [0.1, 0.15) is 11.6 Å². The number of methoxy groups -OCH3 is 1. The van der Waals surface area contributed by atoms with Gasteiger partial charge in [0.15, 0.2) is 0 Å². The number of benzene rings is 1. The van der Waals surface area contributed by atoms with E-state index in [2.05, 4.69) is 5.32 Å². The lowest BCUT2D eigenvalue weighted by molar-refractivity contribution is 0.170. The van der Waals surface area contributed by atoms with Gasteiger partial charge in [-0.2, -0.15) is 0 Å². The van der Waals surface area contributed by atoms with Crippen molar-refractivity contribution in [2.24, 2.45) is 5.41 Å². The van der Waals surface area contributed by atoms with Crippen molar-refractivity contribution >= 4 is 0 Å². The summed E-state index contributed by atoms with van der Waals surface area (Å²) in [6.45, 7) is 3.69. The second kappa shape index (κ2) is 5.88. The van der Waals surface area contributed by atoms with Crippen LogP contribution in [-0.4, -0.2) is 25.4 Å². The molecule has 2 rings (SSSR count). The molecule has 0 bridgehead atoms. The molecule has 0 aromatic heterocycles. The van der Waals surface area contributed by atoms with Gasteiger partial charge in [0.05, 0.1) is 0 Å². The number of halogens is 1. The Hall–Kier alpha value is -1.13. The summed E-state index contributed by atoms with van der Waals surface area (Å²) in [7, 11) is 1.72. The highest BCUT2D eigenvalue weighted by Gasteiger charge is 2.41. The summed E-state index contributed by atoms with van der Waals surface area (Å²) in [6.07, 6.45) is 3.52. The number of aromatic hydroxyl groups is 1. The summed E-state index contributed by atoms with van der Waals surface area (Å²) in [5.41, 5.74) is 1.10. The Kier molecular flexibility index (Phi) is 4.42. The molecule has 1 atom stereocenters. The zero-order chi connectivity index (χ0) is 13.9. The summed E-state index contributed by atoms with van der Waals surface area (Å²) in [5, 5.41) is 13.2. The van der Waals surface area contributed by atoms with Crippen LogP contribution in [-0.2, 0) is 4.74 Å². The number of hydrogen-bond donors (Lipinski definition) is 2. The molecule has 2 N–H and O–H groups in total. The Morgan fingerprint density at radius 1 is 1.47 bits per heavy atom. The number of rotatable bonds is 7. The second-order valence-electron chi connectivity index (χ2n) is 5.55. The first-order chi connectivity index (χ1) is 9.06. The normalized spacial score (nSPS) is 18.3. The highest BCUT2D eigenvalue weighted by molar-refractivity contribution is 5.34. The maximum atomic E-state index is 12.9. The smallest absolute Gasteiger partial charge is 0.126 e. The van der Waals surface area contributed by atoms with Crippen LogP contribution in [0, 0.1) is 11.2 Å². The fraction of sp³-hybridized carbons (Fsp3) is 0.600. The van der Waals surface area contributed by atoms with Crippen LogP contribution < -0.4 is 5.32 Å². The molecule has 1 unspecified atom stereocenters. The molecule has 0 aliphatic heterocycles. The highest BCUT2D eigenvalue weighted by Crippen LogP contribution is 2.48. The van der Waals surface area contributed by atoms with Crippen molar-refractivity contribution in [1.82, 2.24) is 5.32 Å². The molecule has 0 radical (unpaired) electrons. The van der Waals surface area contributed by atoms with E-state index >= 15 is 0 Å². The lowest BCUT2D eigenvalue weighted by atomic mass is 10.0. The van der Waals surface area contributed by atoms with E-state index in [4.69, 9.17) is 4.74 Å². The first kappa shape index (κ1) is 14.3. The van der Waals surface area contributed by atoms with E-state index in [-0.39, 0.29) is 11.8 Å². The Labute approximate surface area is 113 Å². The molecule has 1 aliphatic carbocycles. The highest BCUT2D eigenvalue weighted by atomic mass is 19.1. The van der Waals surface area contributed by atoms with E-state index in [9.17, 15) is 9.50 Å². The lowest BCUT2D eigenvalue weighted by Crippen LogP contribution is -2.27. The lowest BCUT2D eigenvalue weighted by Gasteiger charge is -2.20. The molecule has 0 amide bonds. The number of ether oxygens (including phenoxy) is 1. The van der Waals surface area contributed by atoms with Gasteiger partial charge in [-0.25, -0.2) is 4.39 Å². The molecule has 1 aliphatic rings. The number of phenolic OH excluding ortho intramolecular Hbond substituents is 1. The summed E-state index contributed by atoms with van der Waals surface area (Å²) < 4.78 is 18.1. The zero-order valence-corrected chi connectivity index (χ0v) is 11.6. The van der Waals surface area contributed by atoms with Crippen LogP contribution in [0.1, 0.15) is 37.8 Å². The summed E-state index contributed by atoms with van der Waals surface area (Å²) >= 11 is 0. The average Bonchev–Trinajstić information content (AvgIpc) is 3.14. The van der Waals surface area contributed by atoms with Crippen LogP contribution in [0.25, 0.3) is 0 Å². The quantitative estimate of drug-likeness (QED) is 0.798. The van der Waals surface area contributed by atoms with Gasteiger partial charge in [-0.3, -0.25) is 0 Å². The standard InChI is InChI=1S/C15H22FNO2/c1-11(13-4-3-12(16)9-14(13)18)17-10-15(5-6-15)7-8-19-2/h3-4,9,11,17-18H,5-8,10H2,1-2H3.